The van der Waals surface area contributed by atoms with Crippen LogP contribution in [0.15, 0.2) is 30.3 Å². The van der Waals surface area contributed by atoms with Crippen LogP contribution in [0.2, 0.25) is 0 Å². The predicted molar refractivity (Wildman–Crippen MR) is 113 cm³/mol. The standard InChI is InChI=1S/C21H27N5O2S/c22-17(14-8-3-1-4-9-14)21(28)26-13-7-12-16(26)19(27)23-20-18(24-25-29-20)15-10-5-2-6-11-15/h2,5-6,10-11,14,16-17H,1,3-4,7-9,12-13,22H2,(H,23,27). The Morgan fingerprint density at radius 1 is 1.10 bits per heavy atom. The third-order valence-corrected chi connectivity index (χ3v) is 6.69. The summed E-state index contributed by atoms with van der Waals surface area (Å²) in [7, 11) is 0. The molecule has 8 heteroatoms. The Morgan fingerprint density at radius 2 is 1.86 bits per heavy atom. The molecule has 2 aromatic rings. The maximum atomic E-state index is 13.0. The summed E-state index contributed by atoms with van der Waals surface area (Å²) >= 11 is 1.15. The summed E-state index contributed by atoms with van der Waals surface area (Å²) in [6.07, 6.45) is 6.97. The summed E-state index contributed by atoms with van der Waals surface area (Å²) in [4.78, 5) is 27.8. The number of hydrogen-bond acceptors (Lipinski definition) is 6. The molecule has 7 nitrogen and oxygen atoms in total. The third-order valence-electron chi connectivity index (χ3n) is 6.05. The Bertz CT molecular complexity index is 850. The number of benzene rings is 1. The van der Waals surface area contributed by atoms with Crippen molar-refractivity contribution in [1.29, 1.82) is 0 Å². The van der Waals surface area contributed by atoms with Gasteiger partial charge >= 0.3 is 0 Å². The minimum absolute atomic E-state index is 0.0831. The molecule has 154 valence electrons. The minimum atomic E-state index is -0.506. The molecular formula is C21H27N5O2S. The number of nitrogens with one attached hydrogen (secondary N) is 1. The maximum Gasteiger partial charge on any atom is 0.247 e. The molecule has 2 heterocycles. The molecule has 29 heavy (non-hydrogen) atoms. The molecule has 1 aromatic carbocycles. The van der Waals surface area contributed by atoms with Crippen molar-refractivity contribution in [3.8, 4) is 11.3 Å². The smallest absolute Gasteiger partial charge is 0.247 e. The number of hydrogen-bond donors (Lipinski definition) is 2. The summed E-state index contributed by atoms with van der Waals surface area (Å²) in [5.74, 6) is -0.0360. The monoisotopic (exact) mass is 413 g/mol. The van der Waals surface area contributed by atoms with Gasteiger partial charge in [0.2, 0.25) is 11.8 Å². The lowest BCUT2D eigenvalue weighted by Gasteiger charge is -2.32. The van der Waals surface area contributed by atoms with Crippen molar-refractivity contribution in [3.05, 3.63) is 30.3 Å². The number of amides is 2. The lowest BCUT2D eigenvalue weighted by molar-refractivity contribution is -0.139. The maximum absolute atomic E-state index is 13.0. The van der Waals surface area contributed by atoms with Gasteiger partial charge in [-0.3, -0.25) is 9.59 Å². The van der Waals surface area contributed by atoms with E-state index in [4.69, 9.17) is 5.73 Å². The highest BCUT2D eigenvalue weighted by Gasteiger charge is 2.38. The molecule has 0 spiro atoms. The van der Waals surface area contributed by atoms with E-state index in [1.807, 2.05) is 30.3 Å². The molecule has 1 aromatic heterocycles. The van der Waals surface area contributed by atoms with Crippen LogP contribution in [0.4, 0.5) is 5.00 Å². The molecule has 1 aliphatic heterocycles. The van der Waals surface area contributed by atoms with Crippen LogP contribution in [-0.2, 0) is 9.59 Å². The fourth-order valence-electron chi connectivity index (χ4n) is 4.44. The second-order valence-corrected chi connectivity index (χ2v) is 8.67. The molecule has 3 N–H and O–H groups in total. The van der Waals surface area contributed by atoms with Crippen molar-refractivity contribution < 1.29 is 9.59 Å². The fraction of sp³-hybridized carbons (Fsp3) is 0.524. The van der Waals surface area contributed by atoms with Gasteiger partial charge in [-0.15, -0.1) is 5.10 Å². The molecule has 2 amide bonds. The highest BCUT2D eigenvalue weighted by molar-refractivity contribution is 7.10. The fourth-order valence-corrected chi connectivity index (χ4v) is 5.04. The number of nitrogens with zero attached hydrogens (tertiary/aromatic N) is 3. The van der Waals surface area contributed by atoms with Gasteiger partial charge in [-0.1, -0.05) is 54.1 Å². The van der Waals surface area contributed by atoms with E-state index in [2.05, 4.69) is 14.9 Å². The average molecular weight is 414 g/mol. The van der Waals surface area contributed by atoms with Gasteiger partial charge in [0.05, 0.1) is 6.04 Å². The number of rotatable bonds is 5. The van der Waals surface area contributed by atoms with Gasteiger partial charge in [0, 0.05) is 23.6 Å². The lowest BCUT2D eigenvalue weighted by atomic mass is 9.83. The number of nitrogens with two attached hydrogens (primary N) is 1. The van der Waals surface area contributed by atoms with Gasteiger partial charge < -0.3 is 16.0 Å². The van der Waals surface area contributed by atoms with Crippen LogP contribution < -0.4 is 11.1 Å². The van der Waals surface area contributed by atoms with E-state index in [-0.39, 0.29) is 17.7 Å². The number of aromatic nitrogens is 2. The van der Waals surface area contributed by atoms with E-state index in [9.17, 15) is 9.59 Å². The summed E-state index contributed by atoms with van der Waals surface area (Å²) in [6.45, 7) is 0.587. The third kappa shape index (κ3) is 4.33. The Kier molecular flexibility index (Phi) is 6.20. The van der Waals surface area contributed by atoms with Crippen LogP contribution in [-0.4, -0.2) is 44.9 Å². The number of carbonyl (C=O) groups is 2. The van der Waals surface area contributed by atoms with Gasteiger partial charge in [0.25, 0.3) is 0 Å². The highest BCUT2D eigenvalue weighted by Crippen LogP contribution is 2.31. The Hall–Kier alpha value is -2.32. The second-order valence-electron chi connectivity index (χ2n) is 7.92. The number of anilines is 1. The topological polar surface area (TPSA) is 101 Å². The number of carbonyl (C=O) groups excluding carboxylic acids is 2. The summed E-state index contributed by atoms with van der Waals surface area (Å²) in [6, 6.07) is 8.65. The van der Waals surface area contributed by atoms with Gasteiger partial charge in [-0.05, 0) is 31.6 Å². The van der Waals surface area contributed by atoms with Gasteiger partial charge in [0.15, 0.2) is 0 Å². The minimum Gasteiger partial charge on any atom is -0.329 e. The first-order valence-electron chi connectivity index (χ1n) is 10.4. The van der Waals surface area contributed by atoms with Crippen molar-refractivity contribution in [3.63, 3.8) is 0 Å². The lowest BCUT2D eigenvalue weighted by Crippen LogP contribution is -2.52. The zero-order valence-electron chi connectivity index (χ0n) is 16.4. The highest BCUT2D eigenvalue weighted by atomic mass is 32.1. The molecule has 1 saturated carbocycles. The zero-order valence-corrected chi connectivity index (χ0v) is 17.2. The van der Waals surface area contributed by atoms with Crippen LogP contribution >= 0.6 is 11.5 Å². The Morgan fingerprint density at radius 3 is 2.62 bits per heavy atom. The molecule has 2 atom stereocenters. The molecular weight excluding hydrogens is 386 g/mol. The van der Waals surface area contributed by atoms with Crippen LogP contribution in [0.5, 0.6) is 0 Å². The van der Waals surface area contributed by atoms with Crippen LogP contribution in [0.1, 0.15) is 44.9 Å². The van der Waals surface area contributed by atoms with Crippen molar-refractivity contribution >= 4 is 28.3 Å². The first-order valence-corrected chi connectivity index (χ1v) is 11.2. The average Bonchev–Trinajstić information content (AvgIpc) is 3.43. The van der Waals surface area contributed by atoms with Gasteiger partial charge in [-0.25, -0.2) is 0 Å². The first-order chi connectivity index (χ1) is 14.1. The van der Waals surface area contributed by atoms with E-state index in [0.29, 0.717) is 23.7 Å². The van der Waals surface area contributed by atoms with E-state index in [0.717, 1.165) is 49.2 Å². The summed E-state index contributed by atoms with van der Waals surface area (Å²) in [5.41, 5.74) is 7.88. The van der Waals surface area contributed by atoms with Gasteiger partial charge in [-0.2, -0.15) is 0 Å². The van der Waals surface area contributed by atoms with E-state index >= 15 is 0 Å². The van der Waals surface area contributed by atoms with E-state index in [1.165, 1.54) is 6.42 Å². The second kappa shape index (κ2) is 9.00. The quantitative estimate of drug-likeness (QED) is 0.784. The molecule has 0 radical (unpaired) electrons. The van der Waals surface area contributed by atoms with E-state index < -0.39 is 12.1 Å². The molecule has 2 aliphatic rings. The van der Waals surface area contributed by atoms with Crippen LogP contribution in [0.25, 0.3) is 11.3 Å². The Labute approximate surface area is 174 Å². The molecule has 2 unspecified atom stereocenters. The number of likely N-dealkylation sites (tertiary alicyclic amines) is 1. The molecule has 1 aliphatic carbocycles. The predicted octanol–water partition coefficient (Wildman–Crippen LogP) is 3.04. The first kappa shape index (κ1) is 20.0. The van der Waals surface area contributed by atoms with Crippen LogP contribution in [0, 0.1) is 5.92 Å². The SMILES string of the molecule is NC(C(=O)N1CCCC1C(=O)Nc1snnc1-c1ccccc1)C1CCCCC1. The van der Waals surface area contributed by atoms with Crippen LogP contribution in [0.3, 0.4) is 0 Å². The molecule has 2 fully saturated rings. The normalized spacial score (nSPS) is 21.1. The van der Waals surface area contributed by atoms with Crippen molar-refractivity contribution in [2.75, 3.05) is 11.9 Å². The van der Waals surface area contributed by atoms with Crippen molar-refractivity contribution in [1.82, 2.24) is 14.5 Å². The zero-order chi connectivity index (χ0) is 20.2. The van der Waals surface area contributed by atoms with Crippen molar-refractivity contribution in [2.24, 2.45) is 11.7 Å². The van der Waals surface area contributed by atoms with Crippen molar-refractivity contribution in [2.45, 2.75) is 57.0 Å². The molecule has 1 saturated heterocycles. The molecule has 0 bridgehead atoms. The molecule has 4 rings (SSSR count). The summed E-state index contributed by atoms with van der Waals surface area (Å²) < 4.78 is 4.00. The van der Waals surface area contributed by atoms with E-state index in [1.54, 1.807) is 4.90 Å². The van der Waals surface area contributed by atoms with Gasteiger partial charge in [0.1, 0.15) is 16.7 Å². The Balaban J connectivity index is 1.45. The summed E-state index contributed by atoms with van der Waals surface area (Å²) in [5, 5.41) is 7.73. The largest absolute Gasteiger partial charge is 0.329 e.